The third-order valence-electron chi connectivity index (χ3n) is 3.07. The van der Waals surface area contributed by atoms with E-state index < -0.39 is 0 Å². The van der Waals surface area contributed by atoms with Crippen molar-refractivity contribution in [1.29, 1.82) is 0 Å². The Kier molecular flexibility index (Phi) is 4.95. The maximum absolute atomic E-state index is 5.24. The normalized spacial score (nSPS) is 11.7. The van der Waals surface area contributed by atoms with Gasteiger partial charge in [-0.1, -0.05) is 32.9 Å². The van der Waals surface area contributed by atoms with Gasteiger partial charge in [0.05, 0.1) is 6.54 Å². The second-order valence-electron chi connectivity index (χ2n) is 5.86. The molecule has 0 atom stereocenters. The van der Waals surface area contributed by atoms with Crippen LogP contribution in [0.4, 0.5) is 0 Å². The third-order valence-corrected chi connectivity index (χ3v) is 3.07. The molecule has 0 aliphatic heterocycles. The van der Waals surface area contributed by atoms with Crippen molar-refractivity contribution in [2.75, 3.05) is 6.54 Å². The highest BCUT2D eigenvalue weighted by molar-refractivity contribution is 5.08. The first-order chi connectivity index (χ1) is 9.56. The van der Waals surface area contributed by atoms with Gasteiger partial charge in [0.1, 0.15) is 0 Å². The smallest absolute Gasteiger partial charge is 0.229 e. The fourth-order valence-corrected chi connectivity index (χ4v) is 1.97. The molecule has 0 amide bonds. The lowest BCUT2D eigenvalue weighted by Gasteiger charge is -2.10. The van der Waals surface area contributed by atoms with Crippen LogP contribution in [0.15, 0.2) is 22.9 Å². The summed E-state index contributed by atoms with van der Waals surface area (Å²) in [5.74, 6) is 2.36. The van der Waals surface area contributed by atoms with E-state index in [1.54, 1.807) is 0 Å². The van der Waals surface area contributed by atoms with E-state index >= 15 is 0 Å². The average Bonchev–Trinajstić information content (AvgIpc) is 2.99. The van der Waals surface area contributed by atoms with Gasteiger partial charge in [0.25, 0.3) is 0 Å². The van der Waals surface area contributed by atoms with Gasteiger partial charge < -0.3 is 14.4 Å². The molecule has 0 spiro atoms. The summed E-state index contributed by atoms with van der Waals surface area (Å²) in [4.78, 5) is 4.42. The van der Waals surface area contributed by atoms with Crippen LogP contribution in [-0.4, -0.2) is 21.3 Å². The molecule has 0 aliphatic carbocycles. The molecule has 5 heteroatoms. The zero-order valence-electron chi connectivity index (χ0n) is 12.8. The lowest BCUT2D eigenvalue weighted by Crippen LogP contribution is -2.21. The highest BCUT2D eigenvalue weighted by Crippen LogP contribution is 2.12. The minimum atomic E-state index is 0.271. The van der Waals surface area contributed by atoms with Crippen molar-refractivity contribution in [3.8, 4) is 0 Å². The molecule has 0 unspecified atom stereocenters. The molecule has 0 fully saturated rings. The molecule has 0 aromatic carbocycles. The van der Waals surface area contributed by atoms with E-state index in [1.807, 2.05) is 13.8 Å². The molecule has 0 aliphatic rings. The van der Waals surface area contributed by atoms with Gasteiger partial charge in [-0.25, -0.2) is 0 Å². The van der Waals surface area contributed by atoms with Crippen LogP contribution in [-0.2, 0) is 13.1 Å². The molecule has 2 heterocycles. The lowest BCUT2D eigenvalue weighted by atomic mass is 10.2. The maximum atomic E-state index is 5.24. The second kappa shape index (κ2) is 6.70. The zero-order valence-corrected chi connectivity index (χ0v) is 12.8. The maximum Gasteiger partial charge on any atom is 0.229 e. The number of hydrogen-bond donors (Lipinski definition) is 1. The zero-order chi connectivity index (χ0) is 14.5. The summed E-state index contributed by atoms with van der Waals surface area (Å²) in [5, 5.41) is 7.49. The summed E-state index contributed by atoms with van der Waals surface area (Å²) >= 11 is 0. The Balaban J connectivity index is 1.97. The van der Waals surface area contributed by atoms with E-state index in [9.17, 15) is 0 Å². The van der Waals surface area contributed by atoms with E-state index in [0.717, 1.165) is 18.9 Å². The van der Waals surface area contributed by atoms with Crippen LogP contribution in [0.25, 0.3) is 0 Å². The first kappa shape index (κ1) is 14.8. The molecule has 0 bridgehead atoms. The van der Waals surface area contributed by atoms with E-state index in [1.165, 1.54) is 5.69 Å². The molecule has 20 heavy (non-hydrogen) atoms. The van der Waals surface area contributed by atoms with E-state index in [-0.39, 0.29) is 5.92 Å². The van der Waals surface area contributed by atoms with Crippen LogP contribution in [0.1, 0.15) is 51.0 Å². The van der Waals surface area contributed by atoms with Crippen molar-refractivity contribution in [1.82, 2.24) is 20.0 Å². The van der Waals surface area contributed by atoms with Gasteiger partial charge >= 0.3 is 0 Å². The number of hydrogen-bond acceptors (Lipinski definition) is 4. The van der Waals surface area contributed by atoms with Crippen molar-refractivity contribution in [2.45, 2.75) is 46.7 Å². The Labute approximate surface area is 120 Å². The molecule has 2 rings (SSSR count). The molecular formula is C15H24N4O. The summed E-state index contributed by atoms with van der Waals surface area (Å²) in [6, 6.07) is 4.17. The topological polar surface area (TPSA) is 55.9 Å². The monoisotopic (exact) mass is 276 g/mol. The average molecular weight is 276 g/mol. The van der Waals surface area contributed by atoms with Crippen LogP contribution in [0.5, 0.6) is 0 Å². The predicted molar refractivity (Wildman–Crippen MR) is 78.5 cm³/mol. The minimum absolute atomic E-state index is 0.271. The SMILES string of the molecule is CC(C)CNCc1cccn1Cc1noc(C(C)C)n1. The quantitative estimate of drug-likeness (QED) is 0.845. The Morgan fingerprint density at radius 3 is 2.75 bits per heavy atom. The summed E-state index contributed by atoms with van der Waals surface area (Å²) in [6.45, 7) is 11.0. The Morgan fingerprint density at radius 2 is 2.10 bits per heavy atom. The minimum Gasteiger partial charge on any atom is -0.342 e. The molecule has 5 nitrogen and oxygen atoms in total. The number of rotatable bonds is 7. The van der Waals surface area contributed by atoms with Gasteiger partial charge in [0.2, 0.25) is 5.89 Å². The van der Waals surface area contributed by atoms with Crippen LogP contribution < -0.4 is 5.32 Å². The van der Waals surface area contributed by atoms with Gasteiger partial charge in [0.15, 0.2) is 5.82 Å². The highest BCUT2D eigenvalue weighted by Gasteiger charge is 2.11. The second-order valence-corrected chi connectivity index (χ2v) is 5.86. The van der Waals surface area contributed by atoms with E-state index in [4.69, 9.17) is 4.52 Å². The van der Waals surface area contributed by atoms with Crippen LogP contribution in [0.2, 0.25) is 0 Å². The van der Waals surface area contributed by atoms with Crippen molar-refractivity contribution < 1.29 is 4.52 Å². The van der Waals surface area contributed by atoms with Crippen molar-refractivity contribution >= 4 is 0 Å². The molecule has 110 valence electrons. The molecule has 1 N–H and O–H groups in total. The molecule has 0 radical (unpaired) electrons. The molecule has 2 aromatic rings. The number of nitrogens with one attached hydrogen (secondary N) is 1. The third kappa shape index (κ3) is 3.93. The number of nitrogens with zero attached hydrogens (tertiary/aromatic N) is 3. The van der Waals surface area contributed by atoms with Gasteiger partial charge in [0, 0.05) is 24.4 Å². The lowest BCUT2D eigenvalue weighted by molar-refractivity contribution is 0.359. The van der Waals surface area contributed by atoms with Crippen molar-refractivity contribution in [3.05, 3.63) is 35.7 Å². The summed E-state index contributed by atoms with van der Waals surface area (Å²) in [6.07, 6.45) is 2.05. The fourth-order valence-electron chi connectivity index (χ4n) is 1.97. The van der Waals surface area contributed by atoms with Gasteiger partial charge in [-0.15, -0.1) is 0 Å². The Bertz CT molecular complexity index is 527. The predicted octanol–water partition coefficient (Wildman–Crippen LogP) is 2.79. The molecular weight excluding hydrogens is 252 g/mol. The summed E-state index contributed by atoms with van der Waals surface area (Å²) in [7, 11) is 0. The van der Waals surface area contributed by atoms with Gasteiger partial charge in [-0.3, -0.25) is 0 Å². The van der Waals surface area contributed by atoms with Crippen LogP contribution in [0.3, 0.4) is 0 Å². The van der Waals surface area contributed by atoms with Crippen LogP contribution in [0, 0.1) is 5.92 Å². The van der Waals surface area contributed by atoms with Crippen molar-refractivity contribution in [2.24, 2.45) is 5.92 Å². The molecule has 0 saturated heterocycles. The van der Waals surface area contributed by atoms with Crippen LogP contribution >= 0.6 is 0 Å². The number of aromatic nitrogens is 3. The van der Waals surface area contributed by atoms with Gasteiger partial charge in [-0.05, 0) is 24.6 Å². The van der Waals surface area contributed by atoms with E-state index in [2.05, 4.69) is 52.2 Å². The Hall–Kier alpha value is -1.62. The standard InChI is InChI=1S/C15H24N4O/c1-11(2)8-16-9-13-6-5-7-19(13)10-14-17-15(12(3)4)20-18-14/h5-7,11-12,16H,8-10H2,1-4H3. The molecule has 0 saturated carbocycles. The first-order valence-electron chi connectivity index (χ1n) is 7.23. The van der Waals surface area contributed by atoms with Crippen molar-refractivity contribution in [3.63, 3.8) is 0 Å². The van der Waals surface area contributed by atoms with Gasteiger partial charge in [-0.2, -0.15) is 4.98 Å². The fraction of sp³-hybridized carbons (Fsp3) is 0.600. The largest absolute Gasteiger partial charge is 0.342 e. The van der Waals surface area contributed by atoms with E-state index in [0.29, 0.717) is 18.4 Å². The summed E-state index contributed by atoms with van der Waals surface area (Å²) in [5.41, 5.74) is 1.24. The first-order valence-corrected chi connectivity index (χ1v) is 7.23. The highest BCUT2D eigenvalue weighted by atomic mass is 16.5. The Morgan fingerprint density at radius 1 is 1.30 bits per heavy atom. The summed E-state index contributed by atoms with van der Waals surface area (Å²) < 4.78 is 7.39. The molecule has 2 aromatic heterocycles.